The Kier molecular flexibility index (Phi) is 9.22. The molecular weight excluding hydrogens is 515 g/mol. The van der Waals surface area contributed by atoms with Crippen molar-refractivity contribution in [3.05, 3.63) is 36.0 Å². The maximum absolute atomic E-state index is 12.7. The van der Waals surface area contributed by atoms with Gasteiger partial charge in [-0.15, -0.1) is 24.0 Å². The van der Waals surface area contributed by atoms with Gasteiger partial charge in [0.05, 0.1) is 6.04 Å². The molecule has 2 N–H and O–H groups in total. The Balaban J connectivity index is 0.00000289. The summed E-state index contributed by atoms with van der Waals surface area (Å²) in [5, 5.41) is 4.85. The van der Waals surface area contributed by atoms with Gasteiger partial charge < -0.3 is 20.1 Å². The van der Waals surface area contributed by atoms with E-state index < -0.39 is 0 Å². The molecule has 0 bridgehead atoms. The van der Waals surface area contributed by atoms with Crippen molar-refractivity contribution in [3.8, 4) is 0 Å². The number of nitrogens with zero attached hydrogens (tertiary/aromatic N) is 4. The third-order valence-corrected chi connectivity index (χ3v) is 6.73. The molecule has 1 aromatic heterocycles. The van der Waals surface area contributed by atoms with E-state index in [9.17, 15) is 4.79 Å². The summed E-state index contributed by atoms with van der Waals surface area (Å²) in [7, 11) is 1.86. The van der Waals surface area contributed by atoms with Crippen LogP contribution >= 0.6 is 24.0 Å². The van der Waals surface area contributed by atoms with Gasteiger partial charge in [0.1, 0.15) is 0 Å². The molecule has 4 rings (SSSR count). The van der Waals surface area contributed by atoms with Gasteiger partial charge in [-0.2, -0.15) is 0 Å². The number of aromatic nitrogens is 1. The zero-order valence-corrected chi connectivity index (χ0v) is 21.7. The standard InChI is InChI=1S/C24H36N6O.HI/c1-19(23(31)29-12-5-6-13-29)28-14-16-30(17-15-28)24(25-2)26-11-7-8-20-18-27-22-10-4-3-9-21(20)22;/h3-4,9-10,18-19,27H,5-8,11-17H2,1-2H3,(H,25,26);1H. The summed E-state index contributed by atoms with van der Waals surface area (Å²) >= 11 is 0. The van der Waals surface area contributed by atoms with Crippen LogP contribution in [0, 0.1) is 0 Å². The first kappa shape index (κ1) is 24.8. The molecule has 2 saturated heterocycles. The quantitative estimate of drug-likeness (QED) is 0.251. The lowest BCUT2D eigenvalue weighted by atomic mass is 10.1. The molecule has 0 spiro atoms. The summed E-state index contributed by atoms with van der Waals surface area (Å²) in [6.45, 7) is 8.42. The van der Waals surface area contributed by atoms with E-state index in [-0.39, 0.29) is 30.0 Å². The van der Waals surface area contributed by atoms with Gasteiger partial charge >= 0.3 is 0 Å². The lowest BCUT2D eigenvalue weighted by molar-refractivity contribution is -0.135. The highest BCUT2D eigenvalue weighted by atomic mass is 127. The van der Waals surface area contributed by atoms with Crippen molar-refractivity contribution in [2.24, 2.45) is 4.99 Å². The minimum Gasteiger partial charge on any atom is -0.361 e. The predicted octanol–water partition coefficient (Wildman–Crippen LogP) is 2.92. The van der Waals surface area contributed by atoms with Gasteiger partial charge in [-0.25, -0.2) is 0 Å². The summed E-state index contributed by atoms with van der Waals surface area (Å²) in [5.74, 6) is 1.27. The number of hydrogen-bond donors (Lipinski definition) is 2. The van der Waals surface area contributed by atoms with Gasteiger partial charge in [0.15, 0.2) is 5.96 Å². The molecule has 2 aromatic rings. The van der Waals surface area contributed by atoms with Gasteiger partial charge in [0, 0.05) is 70.0 Å². The molecule has 2 fully saturated rings. The maximum atomic E-state index is 12.7. The van der Waals surface area contributed by atoms with Crippen LogP contribution < -0.4 is 5.32 Å². The number of benzene rings is 1. The Morgan fingerprint density at radius 1 is 1.09 bits per heavy atom. The molecule has 7 nitrogen and oxygen atoms in total. The summed E-state index contributed by atoms with van der Waals surface area (Å²) in [5.41, 5.74) is 2.58. The number of amides is 1. The highest BCUT2D eigenvalue weighted by Crippen LogP contribution is 2.19. The Bertz CT molecular complexity index is 899. The van der Waals surface area contributed by atoms with Gasteiger partial charge in [-0.05, 0) is 44.2 Å². The summed E-state index contributed by atoms with van der Waals surface area (Å²) in [6.07, 6.45) is 6.52. The summed E-state index contributed by atoms with van der Waals surface area (Å²) in [6, 6.07) is 8.45. The first-order valence-corrected chi connectivity index (χ1v) is 11.7. The second-order valence-corrected chi connectivity index (χ2v) is 8.67. The van der Waals surface area contributed by atoms with Crippen LogP contribution in [0.1, 0.15) is 31.7 Å². The fourth-order valence-electron chi connectivity index (χ4n) is 4.83. The third kappa shape index (κ3) is 5.75. The molecule has 0 aliphatic carbocycles. The van der Waals surface area contributed by atoms with Crippen molar-refractivity contribution < 1.29 is 4.79 Å². The molecular formula is C24H37IN6O. The van der Waals surface area contributed by atoms with Crippen LogP contribution in [0.4, 0.5) is 0 Å². The van der Waals surface area contributed by atoms with E-state index in [0.29, 0.717) is 5.91 Å². The van der Waals surface area contributed by atoms with Crippen molar-refractivity contribution in [3.63, 3.8) is 0 Å². The van der Waals surface area contributed by atoms with Crippen LogP contribution in [0.25, 0.3) is 10.9 Å². The first-order chi connectivity index (χ1) is 15.2. The summed E-state index contributed by atoms with van der Waals surface area (Å²) < 4.78 is 0. The van der Waals surface area contributed by atoms with E-state index >= 15 is 0 Å². The predicted molar refractivity (Wildman–Crippen MR) is 142 cm³/mol. The molecule has 0 saturated carbocycles. The molecule has 3 heterocycles. The average Bonchev–Trinajstić information content (AvgIpc) is 3.49. The van der Waals surface area contributed by atoms with Crippen LogP contribution in [0.2, 0.25) is 0 Å². The largest absolute Gasteiger partial charge is 0.361 e. The number of guanidine groups is 1. The first-order valence-electron chi connectivity index (χ1n) is 11.7. The van der Waals surface area contributed by atoms with Crippen molar-refractivity contribution in [1.82, 2.24) is 25.0 Å². The van der Waals surface area contributed by atoms with Gasteiger partial charge in [0.25, 0.3) is 0 Å². The Labute approximate surface area is 208 Å². The lowest BCUT2D eigenvalue weighted by Crippen LogP contribution is -2.57. The number of halogens is 1. The molecule has 1 amide bonds. The number of para-hydroxylation sites is 1. The summed E-state index contributed by atoms with van der Waals surface area (Å²) in [4.78, 5) is 27.2. The second-order valence-electron chi connectivity index (χ2n) is 8.67. The minimum absolute atomic E-state index is 0. The van der Waals surface area contributed by atoms with Crippen LogP contribution in [0.15, 0.2) is 35.5 Å². The van der Waals surface area contributed by atoms with Crippen molar-refractivity contribution in [2.45, 2.75) is 38.6 Å². The Hall–Kier alpha value is -1.81. The van der Waals surface area contributed by atoms with E-state index in [1.54, 1.807) is 0 Å². The number of hydrogen-bond acceptors (Lipinski definition) is 3. The van der Waals surface area contributed by atoms with Crippen LogP contribution in [-0.4, -0.2) is 90.5 Å². The van der Waals surface area contributed by atoms with E-state index in [1.165, 1.54) is 16.5 Å². The average molecular weight is 553 g/mol. The van der Waals surface area contributed by atoms with E-state index in [0.717, 1.165) is 77.5 Å². The monoisotopic (exact) mass is 552 g/mol. The molecule has 8 heteroatoms. The number of rotatable bonds is 6. The van der Waals surface area contributed by atoms with Crippen LogP contribution in [0.3, 0.4) is 0 Å². The van der Waals surface area contributed by atoms with Gasteiger partial charge in [-0.1, -0.05) is 18.2 Å². The number of carbonyl (C=O) groups is 1. The molecule has 32 heavy (non-hydrogen) atoms. The number of fused-ring (bicyclic) bond motifs is 1. The zero-order valence-electron chi connectivity index (χ0n) is 19.3. The van der Waals surface area contributed by atoms with Crippen LogP contribution in [0.5, 0.6) is 0 Å². The van der Waals surface area contributed by atoms with E-state index in [2.05, 4.69) is 62.5 Å². The second kappa shape index (κ2) is 11.9. The SMILES string of the molecule is CN=C(NCCCc1c[nH]c2ccccc12)N1CCN(C(C)C(=O)N2CCCC2)CC1.I. The number of likely N-dealkylation sites (tertiary alicyclic amines) is 1. The molecule has 1 atom stereocenters. The smallest absolute Gasteiger partial charge is 0.239 e. The molecule has 1 unspecified atom stereocenters. The Morgan fingerprint density at radius 3 is 2.53 bits per heavy atom. The topological polar surface area (TPSA) is 67.0 Å². The number of H-pyrrole nitrogens is 1. The number of nitrogens with one attached hydrogen (secondary N) is 2. The molecule has 2 aliphatic rings. The van der Waals surface area contributed by atoms with Crippen molar-refractivity contribution in [2.75, 3.05) is 52.9 Å². The number of carbonyl (C=O) groups excluding carboxylic acids is 1. The lowest BCUT2D eigenvalue weighted by Gasteiger charge is -2.39. The van der Waals surface area contributed by atoms with E-state index in [1.807, 2.05) is 11.9 Å². The Morgan fingerprint density at radius 2 is 1.81 bits per heavy atom. The third-order valence-electron chi connectivity index (χ3n) is 6.73. The number of aromatic amines is 1. The highest BCUT2D eigenvalue weighted by molar-refractivity contribution is 14.0. The minimum atomic E-state index is -0.0219. The molecule has 2 aliphatic heterocycles. The highest BCUT2D eigenvalue weighted by Gasteiger charge is 2.30. The number of piperazine rings is 1. The molecule has 1 aromatic carbocycles. The molecule has 176 valence electrons. The van der Waals surface area contributed by atoms with Crippen molar-refractivity contribution >= 4 is 46.7 Å². The maximum Gasteiger partial charge on any atom is 0.239 e. The van der Waals surface area contributed by atoms with E-state index in [4.69, 9.17) is 0 Å². The molecule has 0 radical (unpaired) electrons. The number of aryl methyl sites for hydroxylation is 1. The van der Waals surface area contributed by atoms with Gasteiger partial charge in [-0.3, -0.25) is 14.7 Å². The van der Waals surface area contributed by atoms with Crippen molar-refractivity contribution in [1.29, 1.82) is 0 Å². The zero-order chi connectivity index (χ0) is 21.6. The fraction of sp³-hybridized carbons (Fsp3) is 0.583. The normalized spacial score (nSPS) is 18.6. The van der Waals surface area contributed by atoms with Crippen LogP contribution in [-0.2, 0) is 11.2 Å². The fourth-order valence-corrected chi connectivity index (χ4v) is 4.83. The van der Waals surface area contributed by atoms with Gasteiger partial charge in [0.2, 0.25) is 5.91 Å². The number of aliphatic imine (C=N–C) groups is 1.